The Labute approximate surface area is 113 Å². The first kappa shape index (κ1) is 19.0. The van der Waals surface area contributed by atoms with Gasteiger partial charge in [0, 0.05) is 0 Å². The largest absolute Gasteiger partial charge is 0.481 e. The molecule has 19 heavy (non-hydrogen) atoms. The van der Waals surface area contributed by atoms with Crippen LogP contribution in [0.5, 0.6) is 0 Å². The molecule has 0 saturated heterocycles. The Balaban J connectivity index is 3.93. The number of phosphoric acid groups is 2. The maximum Gasteiger partial charge on any atom is 0.481 e. The van der Waals surface area contributed by atoms with Crippen molar-refractivity contribution in [2.75, 3.05) is 6.61 Å². The van der Waals surface area contributed by atoms with Crippen molar-refractivity contribution < 1.29 is 32.6 Å². The lowest BCUT2D eigenvalue weighted by Gasteiger charge is -2.14. The minimum atomic E-state index is -5.03. The topological polar surface area (TPSA) is 113 Å². The predicted molar refractivity (Wildman–Crippen MR) is 71.4 cm³/mol. The van der Waals surface area contributed by atoms with Gasteiger partial charge >= 0.3 is 15.6 Å². The van der Waals surface area contributed by atoms with Crippen molar-refractivity contribution in [3.8, 4) is 0 Å². The Morgan fingerprint density at radius 1 is 1.21 bits per heavy atom. The number of phosphoric ester groups is 1. The first-order chi connectivity index (χ1) is 8.52. The summed E-state index contributed by atoms with van der Waals surface area (Å²) in [5.74, 6) is 0.269. The van der Waals surface area contributed by atoms with E-state index in [1.165, 1.54) is 5.57 Å². The van der Waals surface area contributed by atoms with Gasteiger partial charge in [0.1, 0.15) is 0 Å². The van der Waals surface area contributed by atoms with Crippen LogP contribution in [0.15, 0.2) is 11.6 Å². The van der Waals surface area contributed by atoms with Gasteiger partial charge in [-0.25, -0.2) is 9.13 Å². The number of rotatable bonds is 9. The molecule has 0 aromatic rings. The van der Waals surface area contributed by atoms with E-state index < -0.39 is 15.6 Å². The molecule has 0 rings (SSSR count). The molecule has 0 radical (unpaired) electrons. The summed E-state index contributed by atoms with van der Waals surface area (Å²) < 4.78 is 29.7. The van der Waals surface area contributed by atoms with Crippen molar-refractivity contribution in [1.29, 1.82) is 0 Å². The third-order valence-electron chi connectivity index (χ3n) is 2.29. The zero-order valence-electron chi connectivity index (χ0n) is 11.4. The average Bonchev–Trinajstić information content (AvgIpc) is 2.12. The third kappa shape index (κ3) is 12.8. The van der Waals surface area contributed by atoms with Crippen molar-refractivity contribution >= 4 is 15.6 Å². The minimum Gasteiger partial charge on any atom is -0.302 e. The highest BCUT2D eigenvalue weighted by atomic mass is 31.3. The molecule has 0 heterocycles. The van der Waals surface area contributed by atoms with Gasteiger partial charge in [-0.2, -0.15) is 4.31 Å². The van der Waals surface area contributed by atoms with Crippen LogP contribution in [0.25, 0.3) is 0 Å². The van der Waals surface area contributed by atoms with E-state index >= 15 is 0 Å². The lowest BCUT2D eigenvalue weighted by Crippen LogP contribution is -2.02. The molecule has 0 aromatic heterocycles. The molecule has 0 amide bonds. The van der Waals surface area contributed by atoms with Gasteiger partial charge in [0.25, 0.3) is 0 Å². The van der Waals surface area contributed by atoms with E-state index in [1.807, 2.05) is 20.8 Å². The highest BCUT2D eigenvalue weighted by molar-refractivity contribution is 7.60. The van der Waals surface area contributed by atoms with Crippen LogP contribution in [0.2, 0.25) is 0 Å². The third-order valence-corrected chi connectivity index (χ3v) is 4.47. The summed E-state index contributed by atoms with van der Waals surface area (Å²) in [4.78, 5) is 25.8. The van der Waals surface area contributed by atoms with E-state index in [2.05, 4.69) is 14.9 Å². The molecule has 0 aliphatic rings. The van der Waals surface area contributed by atoms with Gasteiger partial charge in [-0.15, -0.1) is 0 Å². The Morgan fingerprint density at radius 3 is 2.26 bits per heavy atom. The van der Waals surface area contributed by atoms with Crippen molar-refractivity contribution in [2.24, 2.45) is 5.92 Å². The monoisotopic (exact) mass is 316 g/mol. The summed E-state index contributed by atoms with van der Waals surface area (Å²) in [5, 5.41) is 0. The molecule has 0 spiro atoms. The van der Waals surface area contributed by atoms with E-state index in [0.29, 0.717) is 6.42 Å². The second-order valence-electron chi connectivity index (χ2n) is 4.63. The van der Waals surface area contributed by atoms with Gasteiger partial charge in [-0.05, 0) is 39.0 Å². The molecule has 7 nitrogen and oxygen atoms in total. The van der Waals surface area contributed by atoms with Crippen LogP contribution >= 0.6 is 15.6 Å². The standard InChI is InChI=1S/C10H22O7P2/c1-9(2)5-4-6-10(3)7-8-16-19(14,15)17-18(11,12)13/h5,10H,4,6-8H2,1-3H3,(H,14,15)(H2,11,12,13). The van der Waals surface area contributed by atoms with Crippen LogP contribution in [-0.2, 0) is 18.0 Å². The van der Waals surface area contributed by atoms with Crippen molar-refractivity contribution in [2.45, 2.75) is 40.0 Å². The Kier molecular flexibility index (Phi) is 8.32. The Morgan fingerprint density at radius 2 is 1.79 bits per heavy atom. The van der Waals surface area contributed by atoms with Gasteiger partial charge in [0.15, 0.2) is 0 Å². The zero-order chi connectivity index (χ0) is 15.1. The Bertz CT molecular complexity index is 383. The smallest absolute Gasteiger partial charge is 0.302 e. The molecule has 2 unspecified atom stereocenters. The summed E-state index contributed by atoms with van der Waals surface area (Å²) in [6.45, 7) is 5.89. The molecule has 9 heteroatoms. The first-order valence-electron chi connectivity index (χ1n) is 5.89. The molecule has 0 bridgehead atoms. The molecular weight excluding hydrogens is 294 g/mol. The maximum absolute atomic E-state index is 11.1. The SMILES string of the molecule is CC(C)=CCCC(C)CCOP(=O)(O)OP(=O)(O)O. The van der Waals surface area contributed by atoms with Gasteiger partial charge in [-0.1, -0.05) is 18.6 Å². The average molecular weight is 316 g/mol. The summed E-state index contributed by atoms with van der Waals surface area (Å²) >= 11 is 0. The van der Waals surface area contributed by atoms with Gasteiger partial charge < -0.3 is 14.7 Å². The normalized spacial score (nSPS) is 16.7. The van der Waals surface area contributed by atoms with Crippen LogP contribution < -0.4 is 0 Å². The van der Waals surface area contributed by atoms with Crippen molar-refractivity contribution in [3.05, 3.63) is 11.6 Å². The lowest BCUT2D eigenvalue weighted by atomic mass is 10.0. The van der Waals surface area contributed by atoms with E-state index in [4.69, 9.17) is 14.7 Å². The summed E-state index contributed by atoms with van der Waals surface area (Å²) in [6.07, 6.45) is 4.43. The van der Waals surface area contributed by atoms with Crippen LogP contribution in [0.4, 0.5) is 0 Å². The lowest BCUT2D eigenvalue weighted by molar-refractivity contribution is 0.170. The van der Waals surface area contributed by atoms with Crippen LogP contribution in [0.1, 0.15) is 40.0 Å². The molecular formula is C10H22O7P2. The summed E-state index contributed by atoms with van der Waals surface area (Å²) in [6, 6.07) is 0. The van der Waals surface area contributed by atoms with Crippen LogP contribution in [0.3, 0.4) is 0 Å². The fourth-order valence-electron chi connectivity index (χ4n) is 1.33. The summed E-state index contributed by atoms with van der Waals surface area (Å²) in [7, 11) is -9.71. The first-order valence-corrected chi connectivity index (χ1v) is 8.92. The van der Waals surface area contributed by atoms with Gasteiger partial charge in [0.2, 0.25) is 0 Å². The van der Waals surface area contributed by atoms with Gasteiger partial charge in [0.05, 0.1) is 6.61 Å². The quantitative estimate of drug-likeness (QED) is 0.442. The van der Waals surface area contributed by atoms with Crippen LogP contribution in [0, 0.1) is 5.92 Å². The molecule has 0 aliphatic carbocycles. The second kappa shape index (κ2) is 8.32. The Hall–Kier alpha value is -0.0000000000000000416. The molecule has 0 fully saturated rings. The minimum absolute atomic E-state index is 0.0935. The van der Waals surface area contributed by atoms with Gasteiger partial charge in [-0.3, -0.25) is 4.52 Å². The van der Waals surface area contributed by atoms with Crippen LogP contribution in [-0.4, -0.2) is 21.3 Å². The molecule has 0 aliphatic heterocycles. The fraction of sp³-hybridized carbons (Fsp3) is 0.800. The van der Waals surface area contributed by atoms with E-state index in [9.17, 15) is 9.13 Å². The van der Waals surface area contributed by atoms with Crippen molar-refractivity contribution in [1.82, 2.24) is 0 Å². The molecule has 2 atom stereocenters. The number of hydrogen-bond donors (Lipinski definition) is 3. The van der Waals surface area contributed by atoms with E-state index in [1.54, 1.807) is 0 Å². The maximum atomic E-state index is 11.1. The number of allylic oxidation sites excluding steroid dienone is 2. The predicted octanol–water partition coefficient (Wildman–Crippen LogP) is 2.99. The highest BCUT2D eigenvalue weighted by Gasteiger charge is 2.32. The summed E-state index contributed by atoms with van der Waals surface area (Å²) in [5.41, 5.74) is 1.23. The molecule has 0 aromatic carbocycles. The molecule has 3 N–H and O–H groups in total. The molecule has 114 valence electrons. The van der Waals surface area contributed by atoms with E-state index in [-0.39, 0.29) is 12.5 Å². The second-order valence-corrected chi connectivity index (χ2v) is 7.46. The number of hydrogen-bond acceptors (Lipinski definition) is 4. The van der Waals surface area contributed by atoms with E-state index in [0.717, 1.165) is 12.8 Å². The molecule has 0 saturated carbocycles. The zero-order valence-corrected chi connectivity index (χ0v) is 13.1. The fourth-order valence-corrected chi connectivity index (χ4v) is 2.93. The van der Waals surface area contributed by atoms with Crippen molar-refractivity contribution in [3.63, 3.8) is 0 Å². The highest BCUT2D eigenvalue weighted by Crippen LogP contribution is 2.57.